The molecule has 0 aliphatic heterocycles. The lowest BCUT2D eigenvalue weighted by Gasteiger charge is -2.16. The van der Waals surface area contributed by atoms with Crippen LogP contribution in [0.2, 0.25) is 0 Å². The first-order chi connectivity index (χ1) is 31.7. The molecule has 0 radical (unpaired) electrons. The quantitative estimate of drug-likeness (QED) is 0.164. The molecular formula is C62H38N2. The molecule has 64 heavy (non-hydrogen) atoms. The highest BCUT2D eigenvalue weighted by Crippen LogP contribution is 2.49. The Labute approximate surface area is 370 Å². The van der Waals surface area contributed by atoms with Gasteiger partial charge in [-0.3, -0.25) is 0 Å². The van der Waals surface area contributed by atoms with Gasteiger partial charge in [-0.2, -0.15) is 0 Å². The Morgan fingerprint density at radius 3 is 1.62 bits per heavy atom. The molecule has 0 amide bonds. The van der Waals surface area contributed by atoms with Crippen LogP contribution in [0.15, 0.2) is 231 Å². The first kappa shape index (κ1) is 35.2. The van der Waals surface area contributed by atoms with Gasteiger partial charge in [-0.25, -0.2) is 0 Å². The summed E-state index contributed by atoms with van der Waals surface area (Å²) in [5, 5.41) is 10.1. The summed E-state index contributed by atoms with van der Waals surface area (Å²) in [5.74, 6) is 0. The van der Waals surface area contributed by atoms with Crippen molar-refractivity contribution in [1.29, 1.82) is 0 Å². The largest absolute Gasteiger partial charge is 0.309 e. The van der Waals surface area contributed by atoms with E-state index in [1.807, 2.05) is 0 Å². The summed E-state index contributed by atoms with van der Waals surface area (Å²) in [6.07, 6.45) is 0. The Hall–Kier alpha value is -8.46. The molecule has 2 aromatic heterocycles. The maximum atomic E-state index is 2.51. The Morgan fingerprint density at radius 2 is 0.812 bits per heavy atom. The first-order valence-electron chi connectivity index (χ1n) is 22.2. The van der Waals surface area contributed by atoms with Gasteiger partial charge in [-0.15, -0.1) is 0 Å². The minimum Gasteiger partial charge on any atom is -0.309 e. The number of nitrogens with zero attached hydrogens (tertiary/aromatic N) is 2. The SMILES string of the molecule is c1ccc(-n2c3ccccc3c3cc(-c4ccc5c(c4)c4ccc6ccccc6c4n5-c4ccccc4-c4ccc(-c5ccc6c(c5)-c5cccc7cccc-6c57)cc4)ccc32)cc1. The summed E-state index contributed by atoms with van der Waals surface area (Å²) in [6, 6.07) is 85.3. The maximum Gasteiger partial charge on any atom is 0.0619 e. The lowest BCUT2D eigenvalue weighted by Crippen LogP contribution is -1.97. The van der Waals surface area contributed by atoms with E-state index in [4.69, 9.17) is 0 Å². The van der Waals surface area contributed by atoms with E-state index in [1.165, 1.54) is 126 Å². The first-order valence-corrected chi connectivity index (χ1v) is 22.2. The number of benzene rings is 11. The van der Waals surface area contributed by atoms with Crippen molar-refractivity contribution in [3.8, 4) is 67.0 Å². The van der Waals surface area contributed by atoms with E-state index < -0.39 is 0 Å². The fourth-order valence-corrected chi connectivity index (χ4v) is 10.9. The molecule has 296 valence electrons. The summed E-state index contributed by atoms with van der Waals surface area (Å²) >= 11 is 0. The van der Waals surface area contributed by atoms with Crippen LogP contribution in [-0.4, -0.2) is 9.13 Å². The zero-order valence-electron chi connectivity index (χ0n) is 34.8. The molecule has 0 N–H and O–H groups in total. The zero-order chi connectivity index (χ0) is 41.9. The van der Waals surface area contributed by atoms with Crippen LogP contribution in [0.5, 0.6) is 0 Å². The van der Waals surface area contributed by atoms with Gasteiger partial charge in [0.1, 0.15) is 0 Å². The van der Waals surface area contributed by atoms with E-state index in [-0.39, 0.29) is 0 Å². The van der Waals surface area contributed by atoms with Crippen molar-refractivity contribution >= 4 is 65.2 Å². The molecule has 0 saturated carbocycles. The second-order valence-corrected chi connectivity index (χ2v) is 17.2. The summed E-state index contributed by atoms with van der Waals surface area (Å²) in [6.45, 7) is 0. The lowest BCUT2D eigenvalue weighted by molar-refractivity contribution is 1.18. The molecule has 2 nitrogen and oxygen atoms in total. The van der Waals surface area contributed by atoms with Crippen LogP contribution >= 0.6 is 0 Å². The second kappa shape index (κ2) is 13.5. The zero-order valence-corrected chi connectivity index (χ0v) is 34.8. The number of aromatic nitrogens is 2. The topological polar surface area (TPSA) is 9.86 Å². The van der Waals surface area contributed by atoms with E-state index in [1.54, 1.807) is 0 Å². The molecule has 1 aliphatic rings. The lowest BCUT2D eigenvalue weighted by atomic mass is 9.95. The minimum absolute atomic E-state index is 1.16. The molecular weight excluding hydrogens is 773 g/mol. The normalized spacial score (nSPS) is 12.1. The van der Waals surface area contributed by atoms with Crippen LogP contribution in [0, 0.1) is 0 Å². The van der Waals surface area contributed by atoms with Crippen molar-refractivity contribution in [2.45, 2.75) is 0 Å². The molecule has 2 heteroatoms. The van der Waals surface area contributed by atoms with Gasteiger partial charge in [0, 0.05) is 38.2 Å². The highest BCUT2D eigenvalue weighted by Gasteiger charge is 2.23. The molecule has 11 aromatic carbocycles. The summed E-state index contributed by atoms with van der Waals surface area (Å²) < 4.78 is 4.89. The molecule has 0 unspecified atom stereocenters. The van der Waals surface area contributed by atoms with Crippen molar-refractivity contribution in [3.05, 3.63) is 231 Å². The van der Waals surface area contributed by atoms with E-state index in [0.717, 1.165) is 5.69 Å². The van der Waals surface area contributed by atoms with Crippen LogP contribution in [-0.2, 0) is 0 Å². The molecule has 0 spiro atoms. The number of hydrogen-bond acceptors (Lipinski definition) is 0. The van der Waals surface area contributed by atoms with Crippen LogP contribution < -0.4 is 0 Å². The molecule has 2 heterocycles. The smallest absolute Gasteiger partial charge is 0.0619 e. The highest BCUT2D eigenvalue weighted by atomic mass is 15.0. The molecule has 14 rings (SSSR count). The van der Waals surface area contributed by atoms with Crippen molar-refractivity contribution in [2.24, 2.45) is 0 Å². The van der Waals surface area contributed by atoms with Gasteiger partial charge in [-0.05, 0) is 121 Å². The fraction of sp³-hybridized carbons (Fsp3) is 0. The Bertz CT molecular complexity index is 4050. The predicted octanol–water partition coefficient (Wildman–Crippen LogP) is 16.8. The number of fused-ring (bicyclic) bond motifs is 11. The van der Waals surface area contributed by atoms with Crippen molar-refractivity contribution in [2.75, 3.05) is 0 Å². The van der Waals surface area contributed by atoms with Gasteiger partial charge in [0.15, 0.2) is 0 Å². The van der Waals surface area contributed by atoms with Gasteiger partial charge in [-0.1, -0.05) is 176 Å². The van der Waals surface area contributed by atoms with Gasteiger partial charge >= 0.3 is 0 Å². The molecule has 0 bridgehead atoms. The van der Waals surface area contributed by atoms with Gasteiger partial charge < -0.3 is 9.13 Å². The molecule has 13 aromatic rings. The predicted molar refractivity (Wildman–Crippen MR) is 271 cm³/mol. The van der Waals surface area contributed by atoms with E-state index in [0.29, 0.717) is 0 Å². The van der Waals surface area contributed by atoms with Crippen molar-refractivity contribution in [3.63, 3.8) is 0 Å². The van der Waals surface area contributed by atoms with Gasteiger partial charge in [0.2, 0.25) is 0 Å². The van der Waals surface area contributed by atoms with Gasteiger partial charge in [0.25, 0.3) is 0 Å². The maximum absolute atomic E-state index is 2.51. The second-order valence-electron chi connectivity index (χ2n) is 17.2. The van der Waals surface area contributed by atoms with Crippen molar-refractivity contribution < 1.29 is 0 Å². The van der Waals surface area contributed by atoms with Crippen LogP contribution in [0.4, 0.5) is 0 Å². The summed E-state index contributed by atoms with van der Waals surface area (Å²) in [7, 11) is 0. The van der Waals surface area contributed by atoms with Gasteiger partial charge in [0.05, 0.1) is 27.8 Å². The third-order valence-corrected chi connectivity index (χ3v) is 13.9. The number of hydrogen-bond donors (Lipinski definition) is 0. The van der Waals surface area contributed by atoms with E-state index in [2.05, 4.69) is 240 Å². The van der Waals surface area contributed by atoms with E-state index in [9.17, 15) is 0 Å². The monoisotopic (exact) mass is 810 g/mol. The Kier molecular flexibility index (Phi) is 7.43. The average Bonchev–Trinajstić information content (AvgIpc) is 4.00. The minimum atomic E-state index is 1.16. The van der Waals surface area contributed by atoms with Crippen molar-refractivity contribution in [1.82, 2.24) is 9.13 Å². The summed E-state index contributed by atoms with van der Waals surface area (Å²) in [4.78, 5) is 0. The molecule has 0 saturated heterocycles. The molecule has 0 fully saturated rings. The highest BCUT2D eigenvalue weighted by molar-refractivity contribution is 6.20. The van der Waals surface area contributed by atoms with Crippen LogP contribution in [0.3, 0.4) is 0 Å². The standard InChI is InChI=1S/C62H38N2/c1-2-15-46(16-3-1)63-58-23-9-7-19-50(58)55-37-44(30-34-59(55)63)45-31-35-60-56(38-45)53-33-28-40-12-4-5-18-48(40)62(53)64(60)57-22-8-6-17-47(57)41-26-24-39(25-27-41)43-29-32-49-51-20-10-13-42-14-11-21-52(61(42)51)54(49)36-43/h1-38H. The molecule has 0 atom stereocenters. The Balaban J connectivity index is 0.905. The Morgan fingerprint density at radius 1 is 0.250 bits per heavy atom. The number of rotatable bonds is 5. The van der Waals surface area contributed by atoms with Crippen LogP contribution in [0.25, 0.3) is 132 Å². The summed E-state index contributed by atoms with van der Waals surface area (Å²) in [5.41, 5.74) is 19.7. The number of para-hydroxylation sites is 3. The van der Waals surface area contributed by atoms with E-state index >= 15 is 0 Å². The fourth-order valence-electron chi connectivity index (χ4n) is 10.9. The third-order valence-electron chi connectivity index (χ3n) is 13.9. The average molecular weight is 811 g/mol. The third kappa shape index (κ3) is 5.08. The van der Waals surface area contributed by atoms with Crippen LogP contribution in [0.1, 0.15) is 0 Å². The molecule has 1 aliphatic carbocycles.